The normalized spacial score (nSPS) is 17.0. The Kier molecular flexibility index (Phi) is 35.3. The van der Waals surface area contributed by atoms with E-state index in [4.69, 9.17) is 0 Å². The van der Waals surface area contributed by atoms with Crippen LogP contribution in [0.1, 0.15) is 133 Å². The Labute approximate surface area is 206 Å². The average Bonchev–Trinajstić information content (AvgIpc) is 2.86. The lowest BCUT2D eigenvalue weighted by Gasteiger charge is -2.27. The van der Waals surface area contributed by atoms with E-state index in [0.29, 0.717) is 5.92 Å². The standard InChI is InChI=1S/C15H20.C9H18.4C2H6/c1-5-14(9-6-12(2)3)15-10-7-13(4)8-11-15;1-3-9-7-5-4-6-8(9)2;4*1-2/h5-12H,1-4H3;8-9H,3-7H2,1-2H3;4*1-2H3/b9-6-,14-5+;;;;;/t;8-,9?;;;;/m.0..../s1. The maximum Gasteiger partial charge on any atom is -0.0187 e. The Morgan fingerprint density at radius 2 is 1.34 bits per heavy atom. The molecule has 1 aliphatic carbocycles. The summed E-state index contributed by atoms with van der Waals surface area (Å²) in [5.74, 6) is 2.67. The van der Waals surface area contributed by atoms with E-state index in [1.807, 2.05) is 55.4 Å². The molecular formula is C32H62. The molecule has 0 bridgehead atoms. The third-order valence-corrected chi connectivity index (χ3v) is 5.17. The van der Waals surface area contributed by atoms with Crippen molar-refractivity contribution in [3.8, 4) is 0 Å². The summed E-state index contributed by atoms with van der Waals surface area (Å²) in [5, 5.41) is 0. The lowest BCUT2D eigenvalue weighted by atomic mass is 9.79. The second kappa shape index (κ2) is 29.7. The first-order chi connectivity index (χ1) is 15.5. The first-order valence-corrected chi connectivity index (χ1v) is 13.9. The fourth-order valence-electron chi connectivity index (χ4n) is 3.40. The van der Waals surface area contributed by atoms with Gasteiger partial charge in [0.25, 0.3) is 0 Å². The summed E-state index contributed by atoms with van der Waals surface area (Å²) in [6.07, 6.45) is 14.0. The minimum absolute atomic E-state index is 0.602. The predicted octanol–water partition coefficient (Wildman–Crippen LogP) is 11.9. The molecular weight excluding hydrogens is 384 g/mol. The molecule has 0 aliphatic heterocycles. The smallest absolute Gasteiger partial charge is 0.0187 e. The summed E-state index contributed by atoms with van der Waals surface area (Å²) in [4.78, 5) is 0. The number of allylic oxidation sites excluding steroid dienone is 4. The van der Waals surface area contributed by atoms with Crippen LogP contribution in [0.3, 0.4) is 0 Å². The number of aryl methyl sites for hydroxylation is 1. The quantitative estimate of drug-likeness (QED) is 0.403. The van der Waals surface area contributed by atoms with Crippen LogP contribution in [0.25, 0.3) is 5.57 Å². The van der Waals surface area contributed by atoms with Gasteiger partial charge in [0.15, 0.2) is 0 Å². The third kappa shape index (κ3) is 20.6. The van der Waals surface area contributed by atoms with E-state index >= 15 is 0 Å². The van der Waals surface area contributed by atoms with Crippen LogP contribution in [-0.2, 0) is 0 Å². The molecule has 1 saturated carbocycles. The van der Waals surface area contributed by atoms with Crippen molar-refractivity contribution in [2.45, 2.75) is 129 Å². The van der Waals surface area contributed by atoms with Crippen LogP contribution in [0.5, 0.6) is 0 Å². The van der Waals surface area contributed by atoms with Gasteiger partial charge in [-0.15, -0.1) is 0 Å². The van der Waals surface area contributed by atoms with Crippen LogP contribution in [0.2, 0.25) is 0 Å². The molecule has 0 saturated heterocycles. The molecule has 0 nitrogen and oxygen atoms in total. The van der Waals surface area contributed by atoms with Gasteiger partial charge in [-0.2, -0.15) is 0 Å². The zero-order valence-electron chi connectivity index (χ0n) is 24.8. The van der Waals surface area contributed by atoms with Crippen LogP contribution in [0.4, 0.5) is 0 Å². The summed E-state index contributed by atoms with van der Waals surface area (Å²) in [6.45, 7) is 29.3. The summed E-state index contributed by atoms with van der Waals surface area (Å²) >= 11 is 0. The lowest BCUT2D eigenvalue weighted by Crippen LogP contribution is -2.15. The molecule has 2 rings (SSSR count). The van der Waals surface area contributed by atoms with Crippen LogP contribution in [0.15, 0.2) is 42.5 Å². The van der Waals surface area contributed by atoms with Crippen LogP contribution in [-0.4, -0.2) is 0 Å². The van der Waals surface area contributed by atoms with Gasteiger partial charge in [0.05, 0.1) is 0 Å². The Hall–Kier alpha value is -1.30. The van der Waals surface area contributed by atoms with Crippen molar-refractivity contribution < 1.29 is 0 Å². The van der Waals surface area contributed by atoms with Gasteiger partial charge in [-0.05, 0) is 42.7 Å². The zero-order valence-corrected chi connectivity index (χ0v) is 24.8. The van der Waals surface area contributed by atoms with Gasteiger partial charge >= 0.3 is 0 Å². The first kappa shape index (κ1) is 38.0. The molecule has 2 atom stereocenters. The van der Waals surface area contributed by atoms with Crippen molar-refractivity contribution in [1.29, 1.82) is 0 Å². The monoisotopic (exact) mass is 446 g/mol. The molecule has 190 valence electrons. The molecule has 0 heteroatoms. The van der Waals surface area contributed by atoms with E-state index in [1.165, 1.54) is 48.8 Å². The number of hydrogen-bond acceptors (Lipinski definition) is 0. The molecule has 1 aliphatic rings. The molecule has 1 fully saturated rings. The topological polar surface area (TPSA) is 0 Å². The molecule has 0 radical (unpaired) electrons. The van der Waals surface area contributed by atoms with E-state index in [9.17, 15) is 0 Å². The largest absolute Gasteiger partial charge is 0.0814 e. The predicted molar refractivity (Wildman–Crippen MR) is 156 cm³/mol. The van der Waals surface area contributed by atoms with Gasteiger partial charge in [-0.1, -0.05) is 163 Å². The van der Waals surface area contributed by atoms with Crippen molar-refractivity contribution in [3.63, 3.8) is 0 Å². The second-order valence-corrected chi connectivity index (χ2v) is 7.64. The molecule has 0 spiro atoms. The van der Waals surface area contributed by atoms with Crippen molar-refractivity contribution in [3.05, 3.63) is 53.6 Å². The average molecular weight is 447 g/mol. The van der Waals surface area contributed by atoms with Crippen molar-refractivity contribution >= 4 is 5.57 Å². The highest BCUT2D eigenvalue weighted by Gasteiger charge is 2.18. The van der Waals surface area contributed by atoms with E-state index < -0.39 is 0 Å². The summed E-state index contributed by atoms with van der Waals surface area (Å²) in [5.41, 5.74) is 3.89. The summed E-state index contributed by atoms with van der Waals surface area (Å²) in [7, 11) is 0. The number of rotatable bonds is 4. The zero-order chi connectivity index (χ0) is 25.9. The van der Waals surface area contributed by atoms with Gasteiger partial charge in [0.2, 0.25) is 0 Å². The molecule has 1 aromatic rings. The maximum atomic E-state index is 2.41. The Morgan fingerprint density at radius 3 is 1.69 bits per heavy atom. The molecule has 0 aromatic heterocycles. The Morgan fingerprint density at radius 1 is 0.875 bits per heavy atom. The molecule has 0 amide bonds. The van der Waals surface area contributed by atoms with Gasteiger partial charge in [0.1, 0.15) is 0 Å². The van der Waals surface area contributed by atoms with Crippen LogP contribution < -0.4 is 0 Å². The highest BCUT2D eigenvalue weighted by Crippen LogP contribution is 2.31. The fourth-order valence-corrected chi connectivity index (χ4v) is 3.40. The summed E-state index contributed by atoms with van der Waals surface area (Å²) < 4.78 is 0. The first-order valence-electron chi connectivity index (χ1n) is 13.9. The number of hydrogen-bond donors (Lipinski definition) is 0. The van der Waals surface area contributed by atoms with Crippen molar-refractivity contribution in [2.24, 2.45) is 17.8 Å². The van der Waals surface area contributed by atoms with E-state index in [-0.39, 0.29) is 0 Å². The minimum atomic E-state index is 0.602. The lowest BCUT2D eigenvalue weighted by molar-refractivity contribution is 0.249. The van der Waals surface area contributed by atoms with E-state index in [0.717, 1.165) is 11.8 Å². The third-order valence-electron chi connectivity index (χ3n) is 5.17. The Balaban J connectivity index is -0.000000197. The van der Waals surface area contributed by atoms with Crippen LogP contribution >= 0.6 is 0 Å². The fraction of sp³-hybridized carbons (Fsp3) is 0.688. The molecule has 0 heterocycles. The minimum Gasteiger partial charge on any atom is -0.0814 e. The molecule has 1 unspecified atom stereocenters. The SMILES string of the molecule is C/C=C(\C=C/C(C)C)c1ccc(C)cc1.CC.CC.CC.CC.CCC1CCCC[C@@H]1C. The van der Waals surface area contributed by atoms with Gasteiger partial charge in [-0.25, -0.2) is 0 Å². The van der Waals surface area contributed by atoms with Gasteiger partial charge < -0.3 is 0 Å². The summed E-state index contributed by atoms with van der Waals surface area (Å²) in [6, 6.07) is 8.66. The van der Waals surface area contributed by atoms with E-state index in [1.54, 1.807) is 0 Å². The van der Waals surface area contributed by atoms with Gasteiger partial charge in [0, 0.05) is 0 Å². The highest BCUT2D eigenvalue weighted by molar-refractivity contribution is 5.73. The maximum absolute atomic E-state index is 2.41. The highest BCUT2D eigenvalue weighted by atomic mass is 14.2. The second-order valence-electron chi connectivity index (χ2n) is 7.64. The van der Waals surface area contributed by atoms with Crippen molar-refractivity contribution in [2.75, 3.05) is 0 Å². The van der Waals surface area contributed by atoms with Crippen LogP contribution in [0, 0.1) is 24.7 Å². The van der Waals surface area contributed by atoms with Gasteiger partial charge in [-0.3, -0.25) is 0 Å². The van der Waals surface area contributed by atoms with E-state index in [2.05, 4.69) is 84.0 Å². The van der Waals surface area contributed by atoms with Crippen molar-refractivity contribution in [1.82, 2.24) is 0 Å². The Bertz CT molecular complexity index is 501. The molecule has 0 N–H and O–H groups in total. The number of benzene rings is 1. The molecule has 32 heavy (non-hydrogen) atoms. The molecule has 1 aromatic carbocycles.